The maximum atomic E-state index is 6.21. The van der Waals surface area contributed by atoms with Crippen LogP contribution in [-0.2, 0) is 6.54 Å². The number of rotatable bonds is 3. The van der Waals surface area contributed by atoms with E-state index in [1.165, 1.54) is 24.9 Å². The Kier molecular flexibility index (Phi) is 4.15. The zero-order valence-electron chi connectivity index (χ0n) is 13.0. The van der Waals surface area contributed by atoms with E-state index in [9.17, 15) is 0 Å². The van der Waals surface area contributed by atoms with Crippen LogP contribution in [-0.4, -0.2) is 47.5 Å². The monoisotopic (exact) mass is 286 g/mol. The number of hydrogen-bond acceptors (Lipinski definition) is 4. The van der Waals surface area contributed by atoms with E-state index in [4.69, 9.17) is 5.73 Å². The molecule has 1 unspecified atom stereocenters. The second kappa shape index (κ2) is 6.06. The highest BCUT2D eigenvalue weighted by molar-refractivity contribution is 5.81. The summed E-state index contributed by atoms with van der Waals surface area (Å²) >= 11 is 0. The third-order valence-corrected chi connectivity index (χ3v) is 5.03. The Morgan fingerprint density at radius 3 is 2.76 bits per heavy atom. The summed E-state index contributed by atoms with van der Waals surface area (Å²) < 4.78 is 0. The van der Waals surface area contributed by atoms with E-state index in [2.05, 4.69) is 52.0 Å². The van der Waals surface area contributed by atoms with Crippen molar-refractivity contribution in [3.8, 4) is 0 Å². The number of benzene rings is 1. The molecule has 0 aromatic heterocycles. The van der Waals surface area contributed by atoms with Gasteiger partial charge in [0.15, 0.2) is 5.96 Å². The quantitative estimate of drug-likeness (QED) is 0.925. The van der Waals surface area contributed by atoms with Gasteiger partial charge in [0, 0.05) is 13.1 Å². The van der Waals surface area contributed by atoms with Gasteiger partial charge >= 0.3 is 0 Å². The van der Waals surface area contributed by atoms with Crippen molar-refractivity contribution >= 4 is 5.96 Å². The minimum Gasteiger partial charge on any atom is -0.370 e. The molecule has 2 N–H and O–H groups in total. The Morgan fingerprint density at radius 1 is 1.19 bits per heavy atom. The van der Waals surface area contributed by atoms with E-state index in [0.29, 0.717) is 0 Å². The normalized spacial score (nSPS) is 26.9. The van der Waals surface area contributed by atoms with Gasteiger partial charge in [-0.2, -0.15) is 0 Å². The van der Waals surface area contributed by atoms with E-state index in [1.54, 1.807) is 0 Å². The summed E-state index contributed by atoms with van der Waals surface area (Å²) in [6.07, 6.45) is 3.60. The van der Waals surface area contributed by atoms with Crippen molar-refractivity contribution in [3.63, 3.8) is 0 Å². The van der Waals surface area contributed by atoms with Gasteiger partial charge in [0.1, 0.15) is 0 Å². The molecule has 2 aliphatic rings. The van der Waals surface area contributed by atoms with Crippen LogP contribution in [0.2, 0.25) is 0 Å². The second-order valence-corrected chi connectivity index (χ2v) is 6.26. The first-order valence-corrected chi connectivity index (χ1v) is 8.07. The lowest BCUT2D eigenvalue weighted by Gasteiger charge is -2.39. The lowest BCUT2D eigenvalue weighted by Crippen LogP contribution is -2.51. The molecule has 114 valence electrons. The fourth-order valence-corrected chi connectivity index (χ4v) is 3.64. The molecule has 1 saturated heterocycles. The van der Waals surface area contributed by atoms with Gasteiger partial charge in [-0.05, 0) is 37.9 Å². The summed E-state index contributed by atoms with van der Waals surface area (Å²) in [5.41, 5.74) is 7.67. The van der Waals surface area contributed by atoms with E-state index in [-0.39, 0.29) is 5.54 Å². The highest BCUT2D eigenvalue weighted by Crippen LogP contribution is 2.34. The highest BCUT2D eigenvalue weighted by Gasteiger charge is 2.42. The van der Waals surface area contributed by atoms with Gasteiger partial charge in [-0.25, -0.2) is 0 Å². The van der Waals surface area contributed by atoms with Crippen LogP contribution in [0.4, 0.5) is 0 Å². The smallest absolute Gasteiger partial charge is 0.192 e. The van der Waals surface area contributed by atoms with Gasteiger partial charge in [-0.15, -0.1) is 0 Å². The van der Waals surface area contributed by atoms with Gasteiger partial charge in [0.05, 0.1) is 12.1 Å². The Hall–Kier alpha value is -1.55. The zero-order valence-corrected chi connectivity index (χ0v) is 13.0. The van der Waals surface area contributed by atoms with Gasteiger partial charge in [0.25, 0.3) is 0 Å². The highest BCUT2D eigenvalue weighted by atomic mass is 15.4. The number of hydrogen-bond donors (Lipinski definition) is 1. The number of nitrogens with zero attached hydrogens (tertiary/aromatic N) is 3. The molecular formula is C17H26N4. The average Bonchev–Trinajstić information content (AvgIpc) is 2.71. The SMILES string of the molecule is CCN1CCCC2(CC1)CN=C(N)N2Cc1ccccc1. The van der Waals surface area contributed by atoms with Crippen molar-refractivity contribution in [1.29, 1.82) is 0 Å². The van der Waals surface area contributed by atoms with E-state index in [1.807, 2.05) is 0 Å². The average molecular weight is 286 g/mol. The van der Waals surface area contributed by atoms with Crippen LogP contribution in [0.1, 0.15) is 31.7 Å². The maximum Gasteiger partial charge on any atom is 0.192 e. The van der Waals surface area contributed by atoms with Crippen molar-refractivity contribution < 1.29 is 0 Å². The van der Waals surface area contributed by atoms with Crippen molar-refractivity contribution in [2.45, 2.75) is 38.3 Å². The predicted octanol–water partition coefficient (Wildman–Crippen LogP) is 2.06. The van der Waals surface area contributed by atoms with Crippen LogP contribution in [0.5, 0.6) is 0 Å². The molecule has 0 saturated carbocycles. The summed E-state index contributed by atoms with van der Waals surface area (Å²) in [5, 5.41) is 0. The predicted molar refractivity (Wildman–Crippen MR) is 87.2 cm³/mol. The van der Waals surface area contributed by atoms with E-state index < -0.39 is 0 Å². The standard InChI is InChI=1S/C17H26N4/c1-2-20-11-6-9-17(10-12-20)14-19-16(18)21(17)13-15-7-4-3-5-8-15/h3-5,7-8H,2,6,9-14H2,1H3,(H2,18,19). The Morgan fingerprint density at radius 2 is 2.00 bits per heavy atom. The number of likely N-dealkylation sites (tertiary alicyclic amines) is 1. The van der Waals surface area contributed by atoms with Gasteiger partial charge in [0.2, 0.25) is 0 Å². The minimum absolute atomic E-state index is 0.143. The largest absolute Gasteiger partial charge is 0.370 e. The molecule has 0 amide bonds. The molecule has 4 nitrogen and oxygen atoms in total. The summed E-state index contributed by atoms with van der Waals surface area (Å²) in [6, 6.07) is 10.6. The molecule has 1 spiro atoms. The third kappa shape index (κ3) is 2.91. The summed E-state index contributed by atoms with van der Waals surface area (Å²) in [4.78, 5) is 9.49. The molecule has 2 heterocycles. The molecule has 0 bridgehead atoms. The summed E-state index contributed by atoms with van der Waals surface area (Å²) in [7, 11) is 0. The summed E-state index contributed by atoms with van der Waals surface area (Å²) in [5.74, 6) is 0.726. The van der Waals surface area contributed by atoms with Crippen LogP contribution >= 0.6 is 0 Å². The number of guanidine groups is 1. The Labute approximate surface area is 127 Å². The van der Waals surface area contributed by atoms with Crippen LogP contribution in [0, 0.1) is 0 Å². The first-order chi connectivity index (χ1) is 10.2. The van der Waals surface area contributed by atoms with Gasteiger partial charge in [-0.3, -0.25) is 4.99 Å². The molecular weight excluding hydrogens is 260 g/mol. The maximum absolute atomic E-state index is 6.21. The van der Waals surface area contributed by atoms with E-state index in [0.717, 1.165) is 38.6 Å². The molecule has 3 rings (SSSR count). The first-order valence-electron chi connectivity index (χ1n) is 8.07. The van der Waals surface area contributed by atoms with Crippen LogP contribution in [0.25, 0.3) is 0 Å². The molecule has 1 aromatic rings. The second-order valence-electron chi connectivity index (χ2n) is 6.26. The number of aliphatic imine (C=N–C) groups is 1. The number of nitrogens with two attached hydrogens (primary N) is 1. The molecule has 1 fully saturated rings. The molecule has 0 radical (unpaired) electrons. The van der Waals surface area contributed by atoms with Crippen molar-refractivity contribution in [3.05, 3.63) is 35.9 Å². The van der Waals surface area contributed by atoms with Crippen molar-refractivity contribution in [1.82, 2.24) is 9.80 Å². The van der Waals surface area contributed by atoms with Crippen molar-refractivity contribution in [2.24, 2.45) is 10.7 Å². The first kappa shape index (κ1) is 14.4. The lowest BCUT2D eigenvalue weighted by molar-refractivity contribution is 0.166. The fraction of sp³-hybridized carbons (Fsp3) is 0.588. The Bertz CT molecular complexity index is 499. The van der Waals surface area contributed by atoms with Crippen LogP contribution < -0.4 is 5.73 Å². The van der Waals surface area contributed by atoms with Crippen molar-refractivity contribution in [2.75, 3.05) is 26.2 Å². The zero-order chi connectivity index (χ0) is 14.7. The molecule has 1 aromatic carbocycles. The molecule has 4 heteroatoms. The molecule has 1 atom stereocenters. The van der Waals surface area contributed by atoms with Gasteiger partial charge in [-0.1, -0.05) is 37.3 Å². The Balaban J connectivity index is 1.78. The summed E-state index contributed by atoms with van der Waals surface area (Å²) in [6.45, 7) is 7.50. The molecule has 21 heavy (non-hydrogen) atoms. The van der Waals surface area contributed by atoms with E-state index >= 15 is 0 Å². The molecule has 0 aliphatic carbocycles. The van der Waals surface area contributed by atoms with Gasteiger partial charge < -0.3 is 15.5 Å². The van der Waals surface area contributed by atoms with Crippen LogP contribution in [0.15, 0.2) is 35.3 Å². The fourth-order valence-electron chi connectivity index (χ4n) is 3.64. The molecule has 2 aliphatic heterocycles. The minimum atomic E-state index is 0.143. The van der Waals surface area contributed by atoms with Crippen LogP contribution in [0.3, 0.4) is 0 Å². The lowest BCUT2D eigenvalue weighted by atomic mass is 9.89. The third-order valence-electron chi connectivity index (χ3n) is 5.03. The topological polar surface area (TPSA) is 44.9 Å².